The lowest BCUT2D eigenvalue weighted by Gasteiger charge is -2.13. The molecule has 1 amide bonds. The molecule has 0 N–H and O–H groups in total. The van der Waals surface area contributed by atoms with E-state index in [9.17, 15) is 4.79 Å². The Morgan fingerprint density at radius 3 is 3.00 bits per heavy atom. The molecule has 3 nitrogen and oxygen atoms in total. The van der Waals surface area contributed by atoms with Gasteiger partial charge in [0.15, 0.2) is 0 Å². The van der Waals surface area contributed by atoms with Crippen LogP contribution in [0.2, 0.25) is 0 Å². The zero-order valence-electron chi connectivity index (χ0n) is 8.00. The average Bonchev–Trinajstić information content (AvgIpc) is 2.73. The van der Waals surface area contributed by atoms with Crippen molar-refractivity contribution < 1.29 is 9.21 Å². The summed E-state index contributed by atoms with van der Waals surface area (Å²) in [6, 6.07) is 1.75. The third-order valence-corrected chi connectivity index (χ3v) is 2.75. The fourth-order valence-electron chi connectivity index (χ4n) is 1.64. The molecule has 1 atom stereocenters. The summed E-state index contributed by atoms with van der Waals surface area (Å²) >= 11 is 5.93. The zero-order valence-corrected chi connectivity index (χ0v) is 8.75. The van der Waals surface area contributed by atoms with Crippen molar-refractivity contribution in [2.24, 2.45) is 0 Å². The summed E-state index contributed by atoms with van der Waals surface area (Å²) in [4.78, 5) is 13.6. The summed E-state index contributed by atoms with van der Waals surface area (Å²) < 4.78 is 5.09. The number of alkyl halides is 1. The highest BCUT2D eigenvalue weighted by Crippen LogP contribution is 2.18. The lowest BCUT2D eigenvalue weighted by Crippen LogP contribution is -2.28. The molecule has 1 fully saturated rings. The first-order valence-electron chi connectivity index (χ1n) is 4.65. The van der Waals surface area contributed by atoms with Crippen LogP contribution in [0.15, 0.2) is 16.7 Å². The summed E-state index contributed by atoms with van der Waals surface area (Å²) in [6.45, 7) is 3.22. The van der Waals surface area contributed by atoms with Crippen LogP contribution in [0, 0.1) is 6.92 Å². The Bertz CT molecular complexity index is 348. The molecule has 1 aliphatic rings. The summed E-state index contributed by atoms with van der Waals surface area (Å²) in [6.07, 6.45) is 2.38. The van der Waals surface area contributed by atoms with Crippen molar-refractivity contribution >= 4 is 17.5 Å². The van der Waals surface area contributed by atoms with Crippen LogP contribution in [0.3, 0.4) is 0 Å². The van der Waals surface area contributed by atoms with E-state index >= 15 is 0 Å². The van der Waals surface area contributed by atoms with E-state index in [2.05, 4.69) is 0 Å². The minimum absolute atomic E-state index is 0.0185. The quantitative estimate of drug-likeness (QED) is 0.669. The van der Waals surface area contributed by atoms with Crippen LogP contribution in [0.25, 0.3) is 0 Å². The molecule has 1 unspecified atom stereocenters. The largest absolute Gasteiger partial charge is 0.469 e. The fraction of sp³-hybridized carbons (Fsp3) is 0.500. The van der Waals surface area contributed by atoms with Crippen molar-refractivity contribution in [3.8, 4) is 0 Å². The van der Waals surface area contributed by atoms with E-state index in [1.54, 1.807) is 11.0 Å². The maximum atomic E-state index is 11.8. The van der Waals surface area contributed by atoms with Gasteiger partial charge in [0.2, 0.25) is 0 Å². The average molecular weight is 214 g/mol. The van der Waals surface area contributed by atoms with E-state index in [1.165, 1.54) is 6.26 Å². The summed E-state index contributed by atoms with van der Waals surface area (Å²) in [7, 11) is 0. The molecule has 0 spiro atoms. The van der Waals surface area contributed by atoms with Gasteiger partial charge in [-0.25, -0.2) is 0 Å². The molecule has 0 radical (unpaired) electrons. The minimum Gasteiger partial charge on any atom is -0.469 e. The molecule has 1 aliphatic heterocycles. The van der Waals surface area contributed by atoms with E-state index < -0.39 is 0 Å². The third-order valence-electron chi connectivity index (χ3n) is 2.40. The maximum absolute atomic E-state index is 11.8. The van der Waals surface area contributed by atoms with Gasteiger partial charge in [0, 0.05) is 13.1 Å². The number of rotatable bonds is 1. The topological polar surface area (TPSA) is 33.5 Å². The molecule has 76 valence electrons. The second kappa shape index (κ2) is 3.65. The Hall–Kier alpha value is -0.960. The molecule has 4 heteroatoms. The van der Waals surface area contributed by atoms with E-state index in [4.69, 9.17) is 16.0 Å². The van der Waals surface area contributed by atoms with Gasteiger partial charge < -0.3 is 9.32 Å². The van der Waals surface area contributed by atoms with Crippen molar-refractivity contribution in [1.82, 2.24) is 4.90 Å². The number of likely N-dealkylation sites (tertiary alicyclic amines) is 1. The molecule has 0 aromatic carbocycles. The number of hydrogen-bond acceptors (Lipinski definition) is 2. The number of hydrogen-bond donors (Lipinski definition) is 0. The number of furan rings is 1. The smallest absolute Gasteiger partial charge is 0.257 e. The van der Waals surface area contributed by atoms with Gasteiger partial charge in [-0.15, -0.1) is 11.6 Å². The van der Waals surface area contributed by atoms with Crippen LogP contribution in [-0.2, 0) is 0 Å². The molecular weight excluding hydrogens is 202 g/mol. The highest BCUT2D eigenvalue weighted by atomic mass is 35.5. The van der Waals surface area contributed by atoms with Gasteiger partial charge in [0.1, 0.15) is 12.0 Å². The van der Waals surface area contributed by atoms with Gasteiger partial charge in [0.25, 0.3) is 5.91 Å². The number of aryl methyl sites for hydroxylation is 1. The Morgan fingerprint density at radius 1 is 1.71 bits per heavy atom. The van der Waals surface area contributed by atoms with Gasteiger partial charge >= 0.3 is 0 Å². The highest BCUT2D eigenvalue weighted by Gasteiger charge is 2.26. The van der Waals surface area contributed by atoms with Crippen molar-refractivity contribution in [1.29, 1.82) is 0 Å². The van der Waals surface area contributed by atoms with Gasteiger partial charge in [0.05, 0.1) is 10.9 Å². The highest BCUT2D eigenvalue weighted by molar-refractivity contribution is 6.21. The SMILES string of the molecule is Cc1cc(C(=O)N2CCC(Cl)C2)co1. The minimum atomic E-state index is 0.0185. The first-order chi connectivity index (χ1) is 6.66. The van der Waals surface area contributed by atoms with Gasteiger partial charge in [-0.1, -0.05) is 0 Å². The monoisotopic (exact) mass is 213 g/mol. The molecule has 0 saturated carbocycles. The Kier molecular flexibility index (Phi) is 2.50. The Labute approximate surface area is 87.6 Å². The number of carbonyl (C=O) groups is 1. The first kappa shape index (κ1) is 9.59. The molecule has 1 aromatic rings. The van der Waals surface area contributed by atoms with Crippen LogP contribution in [0.5, 0.6) is 0 Å². The molecule has 14 heavy (non-hydrogen) atoms. The summed E-state index contributed by atoms with van der Waals surface area (Å²) in [5.74, 6) is 0.778. The van der Waals surface area contributed by atoms with E-state index in [1.807, 2.05) is 6.92 Å². The lowest BCUT2D eigenvalue weighted by atomic mass is 10.3. The predicted molar refractivity (Wildman–Crippen MR) is 53.6 cm³/mol. The molecule has 2 heterocycles. The number of carbonyl (C=O) groups excluding carboxylic acids is 1. The van der Waals surface area contributed by atoms with Crippen molar-refractivity contribution in [3.63, 3.8) is 0 Å². The number of nitrogens with zero attached hydrogens (tertiary/aromatic N) is 1. The van der Waals surface area contributed by atoms with Crippen LogP contribution >= 0.6 is 11.6 Å². The van der Waals surface area contributed by atoms with Crippen molar-refractivity contribution in [2.45, 2.75) is 18.7 Å². The zero-order chi connectivity index (χ0) is 10.1. The second-order valence-corrected chi connectivity index (χ2v) is 4.20. The van der Waals surface area contributed by atoms with E-state index in [-0.39, 0.29) is 11.3 Å². The Morgan fingerprint density at radius 2 is 2.50 bits per heavy atom. The predicted octanol–water partition coefficient (Wildman–Crippen LogP) is 2.04. The fourth-order valence-corrected chi connectivity index (χ4v) is 1.90. The van der Waals surface area contributed by atoms with E-state index in [0.29, 0.717) is 12.1 Å². The van der Waals surface area contributed by atoms with Crippen LogP contribution in [-0.4, -0.2) is 29.3 Å². The number of halogens is 1. The van der Waals surface area contributed by atoms with Crippen LogP contribution in [0.1, 0.15) is 22.5 Å². The normalized spacial score (nSPS) is 21.6. The molecule has 2 rings (SSSR count). The standard InChI is InChI=1S/C10H12ClNO2/c1-7-4-8(6-14-7)10(13)12-3-2-9(11)5-12/h4,6,9H,2-3,5H2,1H3. The molecule has 0 bridgehead atoms. The molecule has 1 saturated heterocycles. The molecular formula is C10H12ClNO2. The maximum Gasteiger partial charge on any atom is 0.257 e. The summed E-state index contributed by atoms with van der Waals surface area (Å²) in [5.41, 5.74) is 0.619. The van der Waals surface area contributed by atoms with Gasteiger partial charge in [-0.2, -0.15) is 0 Å². The Balaban J connectivity index is 2.09. The van der Waals surface area contributed by atoms with Gasteiger partial charge in [-0.3, -0.25) is 4.79 Å². The van der Waals surface area contributed by atoms with Crippen molar-refractivity contribution in [3.05, 3.63) is 23.7 Å². The second-order valence-electron chi connectivity index (χ2n) is 3.58. The van der Waals surface area contributed by atoms with Crippen LogP contribution in [0.4, 0.5) is 0 Å². The molecule has 0 aliphatic carbocycles. The van der Waals surface area contributed by atoms with Crippen LogP contribution < -0.4 is 0 Å². The van der Waals surface area contributed by atoms with Crippen molar-refractivity contribution in [2.75, 3.05) is 13.1 Å². The first-order valence-corrected chi connectivity index (χ1v) is 5.09. The molecule has 1 aromatic heterocycles. The number of amides is 1. The third kappa shape index (κ3) is 1.77. The summed E-state index contributed by atoms with van der Waals surface area (Å²) in [5, 5.41) is 0.104. The van der Waals surface area contributed by atoms with Gasteiger partial charge in [-0.05, 0) is 19.4 Å². The van der Waals surface area contributed by atoms with E-state index in [0.717, 1.165) is 18.7 Å². The lowest BCUT2D eigenvalue weighted by molar-refractivity contribution is 0.0792.